The Labute approximate surface area is 187 Å². The summed E-state index contributed by atoms with van der Waals surface area (Å²) in [4.78, 5) is 27.2. The van der Waals surface area contributed by atoms with Gasteiger partial charge >= 0.3 is 11.3 Å². The molecule has 0 bridgehead atoms. The summed E-state index contributed by atoms with van der Waals surface area (Å²) >= 11 is 0. The number of carbonyl (C=O) groups is 2. The second kappa shape index (κ2) is 9.27. The second-order valence-electron chi connectivity index (χ2n) is 8.53. The molecule has 1 aliphatic rings. The first-order chi connectivity index (χ1) is 15.0. The minimum Gasteiger partial charge on any atom is -0.450 e. The van der Waals surface area contributed by atoms with Crippen molar-refractivity contribution in [2.45, 2.75) is 38.3 Å². The van der Waals surface area contributed by atoms with Crippen LogP contribution in [0.4, 0.5) is 4.79 Å². The highest BCUT2D eigenvalue weighted by molar-refractivity contribution is 7.91. The van der Waals surface area contributed by atoms with Gasteiger partial charge in [-0.05, 0) is 30.0 Å². The molecule has 0 spiro atoms. The molecule has 1 aromatic heterocycles. The van der Waals surface area contributed by atoms with Gasteiger partial charge in [0.1, 0.15) is 5.75 Å². The number of sulfone groups is 1. The van der Waals surface area contributed by atoms with E-state index in [0.29, 0.717) is 5.56 Å². The van der Waals surface area contributed by atoms with Crippen LogP contribution in [-0.2, 0) is 24.8 Å². The van der Waals surface area contributed by atoms with E-state index in [4.69, 9.17) is 9.15 Å². The zero-order valence-electron chi connectivity index (χ0n) is 18.7. The molecule has 0 atom stereocenters. The highest BCUT2D eigenvalue weighted by atomic mass is 32.2. The lowest BCUT2D eigenvalue weighted by atomic mass is 9.87. The minimum atomic E-state index is -4.10. The van der Waals surface area contributed by atoms with Gasteiger partial charge in [-0.25, -0.2) is 13.2 Å². The first-order valence-electron chi connectivity index (χ1n) is 10.4. The topological polar surface area (TPSA) is 123 Å². The van der Waals surface area contributed by atoms with Gasteiger partial charge in [0, 0.05) is 31.7 Å². The minimum absolute atomic E-state index is 0.0238. The van der Waals surface area contributed by atoms with Crippen LogP contribution in [0.15, 0.2) is 33.9 Å². The summed E-state index contributed by atoms with van der Waals surface area (Å²) in [6.07, 6.45) is -0.443. The number of hydrogen-bond acceptors (Lipinski definition) is 8. The number of amides is 2. The Morgan fingerprint density at radius 2 is 1.62 bits per heavy atom. The number of nitrogens with zero attached hydrogens (tertiary/aromatic N) is 4. The Kier molecular flexibility index (Phi) is 6.87. The summed E-state index contributed by atoms with van der Waals surface area (Å²) in [5.74, 6) is -1.29. The summed E-state index contributed by atoms with van der Waals surface area (Å²) in [6, 6.07) is 7.43. The third kappa shape index (κ3) is 5.45. The first-order valence-corrected chi connectivity index (χ1v) is 12.0. The lowest BCUT2D eigenvalue weighted by Crippen LogP contribution is -2.51. The van der Waals surface area contributed by atoms with Crippen molar-refractivity contribution in [1.82, 2.24) is 20.0 Å². The monoisotopic (exact) mass is 464 g/mol. The van der Waals surface area contributed by atoms with Gasteiger partial charge in [0.2, 0.25) is 21.6 Å². The van der Waals surface area contributed by atoms with Crippen molar-refractivity contribution in [2.75, 3.05) is 38.5 Å². The lowest BCUT2D eigenvalue weighted by molar-refractivity contribution is -0.130. The van der Waals surface area contributed by atoms with Crippen LogP contribution in [0.5, 0.6) is 0 Å². The molecular formula is C21H28N4O6S. The molecule has 0 radical (unpaired) electrons. The molecule has 2 heterocycles. The van der Waals surface area contributed by atoms with Gasteiger partial charge < -0.3 is 19.0 Å². The van der Waals surface area contributed by atoms with Crippen LogP contribution < -0.4 is 0 Å². The molecule has 174 valence electrons. The Morgan fingerprint density at radius 3 is 2.19 bits per heavy atom. The van der Waals surface area contributed by atoms with Crippen molar-refractivity contribution in [3.05, 3.63) is 29.8 Å². The van der Waals surface area contributed by atoms with Gasteiger partial charge in [-0.15, -0.1) is 5.10 Å². The van der Waals surface area contributed by atoms with Crippen LogP contribution in [0.25, 0.3) is 11.5 Å². The molecule has 1 fully saturated rings. The Morgan fingerprint density at radius 1 is 1.03 bits per heavy atom. The fraction of sp³-hybridized carbons (Fsp3) is 0.524. The highest BCUT2D eigenvalue weighted by Gasteiger charge is 2.31. The van der Waals surface area contributed by atoms with Crippen LogP contribution >= 0.6 is 0 Å². The molecular weight excluding hydrogens is 436 g/mol. The van der Waals surface area contributed by atoms with Gasteiger partial charge in [0.25, 0.3) is 0 Å². The number of aromatic nitrogens is 2. The highest BCUT2D eigenvalue weighted by Crippen LogP contribution is 2.26. The van der Waals surface area contributed by atoms with E-state index in [1.165, 1.54) is 9.80 Å². The maximum Gasteiger partial charge on any atom is 0.409 e. The van der Waals surface area contributed by atoms with Crippen LogP contribution in [-0.4, -0.2) is 79.0 Å². The SMILES string of the molecule is CCOC(=O)N1CCN(C(=O)CS(=O)(=O)c2nnc(-c3ccc(C(C)(C)C)cc3)o2)CC1. The molecule has 2 amide bonds. The van der Waals surface area contributed by atoms with Crippen molar-refractivity contribution >= 4 is 21.8 Å². The van der Waals surface area contributed by atoms with Crippen molar-refractivity contribution in [1.29, 1.82) is 0 Å². The van der Waals surface area contributed by atoms with Crippen LogP contribution in [0, 0.1) is 0 Å². The average molecular weight is 465 g/mol. The fourth-order valence-corrected chi connectivity index (χ4v) is 4.24. The zero-order chi connectivity index (χ0) is 23.5. The van der Waals surface area contributed by atoms with E-state index < -0.39 is 32.8 Å². The lowest BCUT2D eigenvalue weighted by Gasteiger charge is -2.33. The second-order valence-corrected chi connectivity index (χ2v) is 10.4. The largest absolute Gasteiger partial charge is 0.450 e. The van der Waals surface area contributed by atoms with E-state index in [2.05, 4.69) is 31.0 Å². The number of rotatable bonds is 5. The summed E-state index contributed by atoms with van der Waals surface area (Å²) < 4.78 is 35.6. The quantitative estimate of drug-likeness (QED) is 0.659. The third-order valence-electron chi connectivity index (χ3n) is 5.14. The summed E-state index contributed by atoms with van der Waals surface area (Å²) in [6.45, 7) is 9.26. The summed E-state index contributed by atoms with van der Waals surface area (Å²) in [5.41, 5.74) is 1.68. The van der Waals surface area contributed by atoms with Crippen molar-refractivity contribution in [2.24, 2.45) is 0 Å². The van der Waals surface area contributed by atoms with E-state index >= 15 is 0 Å². The maximum absolute atomic E-state index is 12.6. The van der Waals surface area contributed by atoms with Crippen LogP contribution in [0.3, 0.4) is 0 Å². The smallest absolute Gasteiger partial charge is 0.409 e. The molecule has 0 saturated carbocycles. The average Bonchev–Trinajstić information content (AvgIpc) is 3.25. The molecule has 2 aromatic rings. The fourth-order valence-electron chi connectivity index (χ4n) is 3.23. The van der Waals surface area contributed by atoms with E-state index in [0.717, 1.165) is 5.56 Å². The van der Waals surface area contributed by atoms with E-state index in [1.807, 2.05) is 12.1 Å². The van der Waals surface area contributed by atoms with Crippen molar-refractivity contribution in [3.63, 3.8) is 0 Å². The molecule has 1 aliphatic heterocycles. The van der Waals surface area contributed by atoms with Crippen molar-refractivity contribution in [3.8, 4) is 11.5 Å². The van der Waals surface area contributed by atoms with Crippen LogP contribution in [0.1, 0.15) is 33.3 Å². The molecule has 0 aliphatic carbocycles. The predicted molar refractivity (Wildman–Crippen MR) is 116 cm³/mol. The number of carbonyl (C=O) groups excluding carboxylic acids is 2. The molecule has 32 heavy (non-hydrogen) atoms. The molecule has 3 rings (SSSR count). The molecule has 1 aromatic carbocycles. The number of benzene rings is 1. The van der Waals surface area contributed by atoms with E-state index in [1.54, 1.807) is 19.1 Å². The number of ether oxygens (including phenoxy) is 1. The zero-order valence-corrected chi connectivity index (χ0v) is 19.5. The van der Waals surface area contributed by atoms with E-state index in [9.17, 15) is 18.0 Å². The molecule has 0 unspecified atom stereocenters. The van der Waals surface area contributed by atoms with E-state index in [-0.39, 0.29) is 44.1 Å². The van der Waals surface area contributed by atoms with Crippen LogP contribution in [0.2, 0.25) is 0 Å². The number of hydrogen-bond donors (Lipinski definition) is 0. The molecule has 11 heteroatoms. The Bertz CT molecular complexity index is 1060. The third-order valence-corrected chi connectivity index (χ3v) is 6.47. The van der Waals surface area contributed by atoms with Gasteiger partial charge in [0.05, 0.1) is 6.61 Å². The van der Waals surface area contributed by atoms with Gasteiger partial charge in [-0.3, -0.25) is 4.79 Å². The number of piperazine rings is 1. The standard InChI is InChI=1S/C21H28N4O6S/c1-5-30-20(27)25-12-10-24(11-13-25)17(26)14-32(28,29)19-23-22-18(31-19)15-6-8-16(9-7-15)21(2,3)4/h6-9H,5,10-14H2,1-4H3. The molecule has 0 N–H and O–H groups in total. The maximum atomic E-state index is 12.6. The Balaban J connectivity index is 1.63. The first kappa shape index (κ1) is 23.7. The van der Waals surface area contributed by atoms with Crippen molar-refractivity contribution < 1.29 is 27.2 Å². The summed E-state index contributed by atoms with van der Waals surface area (Å²) in [5, 5.41) is 6.89. The van der Waals surface area contributed by atoms with Gasteiger partial charge in [0.15, 0.2) is 0 Å². The summed E-state index contributed by atoms with van der Waals surface area (Å²) in [7, 11) is -4.10. The molecule has 10 nitrogen and oxygen atoms in total. The van der Waals surface area contributed by atoms with Gasteiger partial charge in [-0.1, -0.05) is 38.0 Å². The Hall–Kier alpha value is -2.95. The molecule has 1 saturated heterocycles. The van der Waals surface area contributed by atoms with Gasteiger partial charge in [-0.2, -0.15) is 0 Å². The normalized spacial score (nSPS) is 15.0. The predicted octanol–water partition coefficient (Wildman–Crippen LogP) is 2.11.